The second-order valence-corrected chi connectivity index (χ2v) is 4.08. The summed E-state index contributed by atoms with van der Waals surface area (Å²) in [5.74, 6) is -1.54. The van der Waals surface area contributed by atoms with Gasteiger partial charge in [-0.25, -0.2) is 4.39 Å². The number of aliphatic hydroxyl groups excluding tert-OH is 1. The Kier molecular flexibility index (Phi) is 4.40. The Morgan fingerprint density at radius 3 is 2.59 bits per heavy atom. The van der Waals surface area contributed by atoms with Crippen molar-refractivity contribution in [2.45, 2.75) is 27.4 Å². The average Bonchev–Trinajstić information content (AvgIpc) is 2.30. The SMILES string of the molecule is CC(C)=C(F)C(=O)Nc1cc(CO)ccc1C. The first kappa shape index (κ1) is 13.4. The molecule has 0 saturated carbocycles. The molecule has 0 heterocycles. The highest BCUT2D eigenvalue weighted by molar-refractivity contribution is 6.02. The average molecular weight is 237 g/mol. The van der Waals surface area contributed by atoms with Gasteiger partial charge >= 0.3 is 0 Å². The van der Waals surface area contributed by atoms with Crippen molar-refractivity contribution in [1.29, 1.82) is 0 Å². The molecule has 1 aromatic rings. The van der Waals surface area contributed by atoms with Crippen LogP contribution in [0.4, 0.5) is 10.1 Å². The number of halogens is 1. The lowest BCUT2D eigenvalue weighted by atomic mass is 10.1. The topological polar surface area (TPSA) is 49.3 Å². The molecule has 0 atom stereocenters. The van der Waals surface area contributed by atoms with E-state index in [1.807, 2.05) is 0 Å². The first-order chi connectivity index (χ1) is 7.95. The molecule has 0 aliphatic heterocycles. The number of carbonyl (C=O) groups is 1. The summed E-state index contributed by atoms with van der Waals surface area (Å²) in [6.45, 7) is 4.75. The zero-order valence-electron chi connectivity index (χ0n) is 10.2. The van der Waals surface area contributed by atoms with Gasteiger partial charge in [0.25, 0.3) is 5.91 Å². The lowest BCUT2D eigenvalue weighted by Crippen LogP contribution is -2.14. The Morgan fingerprint density at radius 1 is 1.41 bits per heavy atom. The van der Waals surface area contributed by atoms with Gasteiger partial charge in [0.2, 0.25) is 0 Å². The number of hydrogen-bond donors (Lipinski definition) is 2. The molecule has 0 saturated heterocycles. The van der Waals surface area contributed by atoms with Gasteiger partial charge in [-0.3, -0.25) is 4.79 Å². The van der Waals surface area contributed by atoms with Crippen molar-refractivity contribution in [3.8, 4) is 0 Å². The summed E-state index contributed by atoms with van der Waals surface area (Å²) in [6, 6.07) is 5.15. The summed E-state index contributed by atoms with van der Waals surface area (Å²) in [5.41, 5.74) is 2.33. The van der Waals surface area contributed by atoms with Gasteiger partial charge < -0.3 is 10.4 Å². The van der Waals surface area contributed by atoms with Crippen LogP contribution in [0.1, 0.15) is 25.0 Å². The van der Waals surface area contributed by atoms with Crippen LogP contribution in [0.3, 0.4) is 0 Å². The molecule has 0 aliphatic carbocycles. The van der Waals surface area contributed by atoms with Gasteiger partial charge in [-0.2, -0.15) is 0 Å². The van der Waals surface area contributed by atoms with E-state index in [1.165, 1.54) is 13.8 Å². The predicted molar refractivity (Wildman–Crippen MR) is 65.2 cm³/mol. The molecule has 4 heteroatoms. The molecule has 17 heavy (non-hydrogen) atoms. The van der Waals surface area contributed by atoms with Gasteiger partial charge in [-0.05, 0) is 43.5 Å². The van der Waals surface area contributed by atoms with Crippen molar-refractivity contribution in [2.75, 3.05) is 5.32 Å². The molecule has 0 fully saturated rings. The fourth-order valence-electron chi connectivity index (χ4n) is 1.31. The Bertz CT molecular complexity index is 462. The van der Waals surface area contributed by atoms with Gasteiger partial charge in [-0.1, -0.05) is 12.1 Å². The van der Waals surface area contributed by atoms with Crippen LogP contribution >= 0.6 is 0 Å². The second-order valence-electron chi connectivity index (χ2n) is 4.08. The molecule has 0 aromatic heterocycles. The number of anilines is 1. The number of benzene rings is 1. The predicted octanol–water partition coefficient (Wildman–Crippen LogP) is 2.69. The fraction of sp³-hybridized carbons (Fsp3) is 0.308. The molecule has 1 rings (SSSR count). The highest BCUT2D eigenvalue weighted by atomic mass is 19.1. The molecule has 0 bridgehead atoms. The fourth-order valence-corrected chi connectivity index (χ4v) is 1.31. The minimum absolute atomic E-state index is 0.117. The van der Waals surface area contributed by atoms with E-state index in [0.29, 0.717) is 16.8 Å². The molecule has 1 amide bonds. The third-order valence-corrected chi connectivity index (χ3v) is 2.37. The van der Waals surface area contributed by atoms with Crippen molar-refractivity contribution in [3.63, 3.8) is 0 Å². The van der Waals surface area contributed by atoms with Crippen LogP contribution in [0.5, 0.6) is 0 Å². The zero-order chi connectivity index (χ0) is 13.0. The normalized spacial score (nSPS) is 9.94. The highest BCUT2D eigenvalue weighted by Crippen LogP contribution is 2.18. The molecule has 3 nitrogen and oxygen atoms in total. The Labute approximate surface area is 100.0 Å². The van der Waals surface area contributed by atoms with E-state index < -0.39 is 11.7 Å². The first-order valence-corrected chi connectivity index (χ1v) is 5.30. The smallest absolute Gasteiger partial charge is 0.284 e. The number of allylic oxidation sites excluding steroid dienone is 1. The van der Waals surface area contributed by atoms with Gasteiger partial charge in [0.1, 0.15) is 0 Å². The third kappa shape index (κ3) is 3.39. The summed E-state index contributed by atoms with van der Waals surface area (Å²) < 4.78 is 13.3. The van der Waals surface area contributed by atoms with Crippen molar-refractivity contribution in [2.24, 2.45) is 0 Å². The molecule has 1 aromatic carbocycles. The van der Waals surface area contributed by atoms with Crippen LogP contribution in [0.2, 0.25) is 0 Å². The van der Waals surface area contributed by atoms with E-state index in [2.05, 4.69) is 5.32 Å². The molecule has 0 radical (unpaired) electrons. The quantitative estimate of drug-likeness (QED) is 0.794. The maximum absolute atomic E-state index is 13.3. The largest absolute Gasteiger partial charge is 0.392 e. The summed E-state index contributed by atoms with van der Waals surface area (Å²) in [7, 11) is 0. The third-order valence-electron chi connectivity index (χ3n) is 2.37. The molecular formula is C13H16FNO2. The maximum Gasteiger partial charge on any atom is 0.284 e. The summed E-state index contributed by atoms with van der Waals surface area (Å²) in [5, 5.41) is 11.5. The van der Waals surface area contributed by atoms with Crippen LogP contribution in [-0.2, 0) is 11.4 Å². The van der Waals surface area contributed by atoms with E-state index in [4.69, 9.17) is 5.11 Å². The van der Waals surface area contributed by atoms with Crippen LogP contribution < -0.4 is 5.32 Å². The molecule has 0 spiro atoms. The van der Waals surface area contributed by atoms with E-state index in [9.17, 15) is 9.18 Å². The summed E-state index contributed by atoms with van der Waals surface area (Å²) in [6.07, 6.45) is 0. The maximum atomic E-state index is 13.3. The van der Waals surface area contributed by atoms with Crippen LogP contribution in [0, 0.1) is 6.92 Å². The van der Waals surface area contributed by atoms with Gasteiger partial charge in [0.15, 0.2) is 5.83 Å². The van der Waals surface area contributed by atoms with E-state index in [0.717, 1.165) is 5.56 Å². The molecule has 2 N–H and O–H groups in total. The number of nitrogens with one attached hydrogen (secondary N) is 1. The van der Waals surface area contributed by atoms with Crippen molar-refractivity contribution >= 4 is 11.6 Å². The molecule has 92 valence electrons. The van der Waals surface area contributed by atoms with E-state index >= 15 is 0 Å². The summed E-state index contributed by atoms with van der Waals surface area (Å²) >= 11 is 0. The lowest BCUT2D eigenvalue weighted by Gasteiger charge is -2.09. The number of aryl methyl sites for hydroxylation is 1. The van der Waals surface area contributed by atoms with Crippen molar-refractivity contribution in [1.82, 2.24) is 0 Å². The number of amides is 1. The minimum Gasteiger partial charge on any atom is -0.392 e. The van der Waals surface area contributed by atoms with E-state index in [-0.39, 0.29) is 6.61 Å². The Hall–Kier alpha value is -1.68. The Balaban J connectivity index is 2.96. The highest BCUT2D eigenvalue weighted by Gasteiger charge is 2.11. The van der Waals surface area contributed by atoms with Crippen LogP contribution in [0.15, 0.2) is 29.6 Å². The zero-order valence-corrected chi connectivity index (χ0v) is 10.2. The monoisotopic (exact) mass is 237 g/mol. The molecular weight excluding hydrogens is 221 g/mol. The van der Waals surface area contributed by atoms with Crippen LogP contribution in [0.25, 0.3) is 0 Å². The number of rotatable bonds is 3. The van der Waals surface area contributed by atoms with Crippen molar-refractivity contribution in [3.05, 3.63) is 40.7 Å². The van der Waals surface area contributed by atoms with Crippen molar-refractivity contribution < 1.29 is 14.3 Å². The van der Waals surface area contributed by atoms with Gasteiger partial charge in [0, 0.05) is 5.69 Å². The minimum atomic E-state index is -0.779. The number of aliphatic hydroxyl groups is 1. The number of hydrogen-bond acceptors (Lipinski definition) is 2. The van der Waals surface area contributed by atoms with E-state index in [1.54, 1.807) is 25.1 Å². The second kappa shape index (κ2) is 5.59. The molecule has 0 unspecified atom stereocenters. The Morgan fingerprint density at radius 2 is 2.06 bits per heavy atom. The molecule has 0 aliphatic rings. The van der Waals surface area contributed by atoms with Crippen LogP contribution in [-0.4, -0.2) is 11.0 Å². The number of carbonyl (C=O) groups excluding carboxylic acids is 1. The summed E-state index contributed by atoms with van der Waals surface area (Å²) in [4.78, 5) is 11.5. The van der Waals surface area contributed by atoms with Gasteiger partial charge in [0.05, 0.1) is 6.61 Å². The lowest BCUT2D eigenvalue weighted by molar-refractivity contribution is -0.114. The standard InChI is InChI=1S/C13H16FNO2/c1-8(2)12(14)13(17)15-11-6-10(7-16)5-4-9(11)3/h4-6,16H,7H2,1-3H3,(H,15,17). The van der Waals surface area contributed by atoms with Gasteiger partial charge in [-0.15, -0.1) is 0 Å². The first-order valence-electron chi connectivity index (χ1n) is 5.30.